The van der Waals surface area contributed by atoms with Crippen LogP contribution in [-0.2, 0) is 0 Å². The van der Waals surface area contributed by atoms with E-state index in [0.717, 1.165) is 16.8 Å². The van der Waals surface area contributed by atoms with Crippen molar-refractivity contribution in [3.05, 3.63) is 23.5 Å². The van der Waals surface area contributed by atoms with Crippen LogP contribution in [0, 0.1) is 6.92 Å². The summed E-state index contributed by atoms with van der Waals surface area (Å²) in [5, 5.41) is 43.8. The van der Waals surface area contributed by atoms with E-state index in [0.29, 0.717) is 0 Å². The third-order valence-electron chi connectivity index (χ3n) is 2.40. The Kier molecular flexibility index (Phi) is 2.55. The molecular formula is C10H9N3O5. The van der Waals surface area contributed by atoms with Gasteiger partial charge in [-0.05, 0) is 6.92 Å². The molecule has 2 rings (SSSR count). The molecular weight excluding hydrogens is 242 g/mol. The van der Waals surface area contributed by atoms with E-state index >= 15 is 0 Å². The average Bonchev–Trinajstić information content (AvgIpc) is 2.67. The summed E-state index contributed by atoms with van der Waals surface area (Å²) in [5.41, 5.74) is 0.175. The van der Waals surface area contributed by atoms with Gasteiger partial charge < -0.3 is 20.4 Å². The topological polar surface area (TPSA) is 129 Å². The van der Waals surface area contributed by atoms with Crippen molar-refractivity contribution in [3.8, 4) is 22.9 Å². The summed E-state index contributed by atoms with van der Waals surface area (Å²) in [6.45, 7) is 1.48. The lowest BCUT2D eigenvalue weighted by Gasteiger charge is -2.06. The predicted octanol–water partition coefficient (Wildman–Crippen LogP) is 0.391. The van der Waals surface area contributed by atoms with Crippen LogP contribution in [0.1, 0.15) is 16.2 Å². The molecule has 8 heteroatoms. The minimum Gasteiger partial charge on any atom is -0.504 e. The number of carboxylic acids is 1. The van der Waals surface area contributed by atoms with Crippen LogP contribution in [0.2, 0.25) is 0 Å². The van der Waals surface area contributed by atoms with Gasteiger partial charge in [0.05, 0.1) is 11.4 Å². The average molecular weight is 251 g/mol. The van der Waals surface area contributed by atoms with Crippen LogP contribution in [-0.4, -0.2) is 41.4 Å². The predicted molar refractivity (Wildman–Crippen MR) is 58.0 cm³/mol. The summed E-state index contributed by atoms with van der Waals surface area (Å²) in [4.78, 5) is 10.8. The second kappa shape index (κ2) is 3.91. The Morgan fingerprint density at radius 1 is 1.22 bits per heavy atom. The van der Waals surface area contributed by atoms with Crippen LogP contribution in [0.25, 0.3) is 5.69 Å². The molecule has 0 spiro atoms. The van der Waals surface area contributed by atoms with Gasteiger partial charge in [0.25, 0.3) is 0 Å². The van der Waals surface area contributed by atoms with Gasteiger partial charge in [-0.3, -0.25) is 0 Å². The second-order valence-electron chi connectivity index (χ2n) is 3.57. The fourth-order valence-corrected chi connectivity index (χ4v) is 1.48. The van der Waals surface area contributed by atoms with E-state index in [4.69, 9.17) is 5.11 Å². The van der Waals surface area contributed by atoms with E-state index in [9.17, 15) is 20.1 Å². The molecule has 1 heterocycles. The number of phenolic OH excluding ortho intramolecular Hbond substituents is 3. The first-order valence-corrected chi connectivity index (χ1v) is 4.82. The van der Waals surface area contributed by atoms with Crippen LogP contribution >= 0.6 is 0 Å². The first-order chi connectivity index (χ1) is 8.41. The molecule has 0 unspecified atom stereocenters. The molecule has 0 fully saturated rings. The maximum Gasteiger partial charge on any atom is 0.358 e. The Balaban J connectivity index is 2.59. The van der Waals surface area contributed by atoms with E-state index in [1.807, 2.05) is 0 Å². The summed E-state index contributed by atoms with van der Waals surface area (Å²) in [5.74, 6) is -2.98. The van der Waals surface area contributed by atoms with Gasteiger partial charge in [-0.2, -0.15) is 0 Å². The lowest BCUT2D eigenvalue weighted by molar-refractivity contribution is 0.0689. The van der Waals surface area contributed by atoms with Crippen molar-refractivity contribution in [1.29, 1.82) is 0 Å². The summed E-state index contributed by atoms with van der Waals surface area (Å²) in [6.07, 6.45) is 0. The lowest BCUT2D eigenvalue weighted by Crippen LogP contribution is -2.02. The highest BCUT2D eigenvalue weighted by molar-refractivity contribution is 5.86. The monoisotopic (exact) mass is 251 g/mol. The number of rotatable bonds is 2. The molecule has 0 saturated heterocycles. The summed E-state index contributed by atoms with van der Waals surface area (Å²) in [6, 6.07) is 2.25. The molecule has 1 aromatic carbocycles. The minimum absolute atomic E-state index is 0.181. The quantitative estimate of drug-likeness (QED) is 0.568. The fourth-order valence-electron chi connectivity index (χ4n) is 1.48. The van der Waals surface area contributed by atoms with Gasteiger partial charge in [0.1, 0.15) is 0 Å². The van der Waals surface area contributed by atoms with Gasteiger partial charge in [-0.1, -0.05) is 5.21 Å². The maximum atomic E-state index is 10.8. The second-order valence-corrected chi connectivity index (χ2v) is 3.57. The number of hydrogen-bond donors (Lipinski definition) is 4. The zero-order chi connectivity index (χ0) is 13.4. The molecule has 18 heavy (non-hydrogen) atoms. The lowest BCUT2D eigenvalue weighted by atomic mass is 10.2. The standard InChI is InChI=1S/C10H9N3O5/c1-4-8(10(17)18)11-12-13(4)5-2-6(14)9(16)7(15)3-5/h2-3,14-16H,1H3,(H,17,18). The van der Waals surface area contributed by atoms with Gasteiger partial charge >= 0.3 is 5.97 Å². The van der Waals surface area contributed by atoms with Crippen LogP contribution in [0.3, 0.4) is 0 Å². The maximum absolute atomic E-state index is 10.8. The van der Waals surface area contributed by atoms with E-state index < -0.39 is 23.2 Å². The largest absolute Gasteiger partial charge is 0.504 e. The molecule has 0 aliphatic carbocycles. The number of nitrogens with zero attached hydrogens (tertiary/aromatic N) is 3. The molecule has 0 bridgehead atoms. The molecule has 0 atom stereocenters. The molecule has 4 N–H and O–H groups in total. The Morgan fingerprint density at radius 3 is 2.22 bits per heavy atom. The molecule has 0 radical (unpaired) electrons. The van der Waals surface area contributed by atoms with Gasteiger partial charge in [0.15, 0.2) is 22.9 Å². The number of phenols is 3. The van der Waals surface area contributed by atoms with Crippen molar-refractivity contribution in [3.63, 3.8) is 0 Å². The minimum atomic E-state index is -1.23. The van der Waals surface area contributed by atoms with Crippen LogP contribution in [0.5, 0.6) is 17.2 Å². The highest BCUT2D eigenvalue weighted by Gasteiger charge is 2.18. The van der Waals surface area contributed by atoms with Gasteiger partial charge in [-0.25, -0.2) is 9.48 Å². The summed E-state index contributed by atoms with van der Waals surface area (Å²) < 4.78 is 1.13. The highest BCUT2D eigenvalue weighted by atomic mass is 16.4. The molecule has 0 saturated carbocycles. The number of aromatic hydroxyl groups is 3. The van der Waals surface area contributed by atoms with Crippen LogP contribution in [0.4, 0.5) is 0 Å². The number of aromatic carboxylic acids is 1. The Bertz CT molecular complexity index is 611. The first-order valence-electron chi connectivity index (χ1n) is 4.82. The van der Waals surface area contributed by atoms with E-state index in [2.05, 4.69) is 10.3 Å². The third-order valence-corrected chi connectivity index (χ3v) is 2.40. The van der Waals surface area contributed by atoms with Crippen LogP contribution in [0.15, 0.2) is 12.1 Å². The fraction of sp³-hybridized carbons (Fsp3) is 0.100. The highest BCUT2D eigenvalue weighted by Crippen LogP contribution is 2.36. The van der Waals surface area contributed by atoms with Crippen molar-refractivity contribution in [1.82, 2.24) is 15.0 Å². The van der Waals surface area contributed by atoms with E-state index in [-0.39, 0.29) is 17.1 Å². The first kappa shape index (κ1) is 11.7. The third kappa shape index (κ3) is 1.69. The number of benzene rings is 1. The molecule has 0 amide bonds. The summed E-state index contributed by atoms with van der Waals surface area (Å²) in [7, 11) is 0. The van der Waals surface area contributed by atoms with Crippen LogP contribution < -0.4 is 0 Å². The Hall–Kier alpha value is -2.77. The van der Waals surface area contributed by atoms with Gasteiger partial charge in [0, 0.05) is 12.1 Å². The number of aromatic nitrogens is 3. The van der Waals surface area contributed by atoms with E-state index in [1.54, 1.807) is 0 Å². The molecule has 1 aromatic heterocycles. The SMILES string of the molecule is Cc1c(C(=O)O)nnn1-c1cc(O)c(O)c(O)c1. The molecule has 0 aliphatic heterocycles. The van der Waals surface area contributed by atoms with Crippen molar-refractivity contribution < 1.29 is 25.2 Å². The van der Waals surface area contributed by atoms with Gasteiger partial charge in [0.2, 0.25) is 0 Å². The van der Waals surface area contributed by atoms with Crippen molar-refractivity contribution >= 4 is 5.97 Å². The zero-order valence-corrected chi connectivity index (χ0v) is 9.19. The summed E-state index contributed by atoms with van der Waals surface area (Å²) >= 11 is 0. The van der Waals surface area contributed by atoms with Crippen molar-refractivity contribution in [2.24, 2.45) is 0 Å². The number of carboxylic acid groups (broad SMARTS) is 1. The Morgan fingerprint density at radius 2 is 1.78 bits per heavy atom. The van der Waals surface area contributed by atoms with E-state index in [1.165, 1.54) is 6.92 Å². The van der Waals surface area contributed by atoms with Crippen molar-refractivity contribution in [2.75, 3.05) is 0 Å². The van der Waals surface area contributed by atoms with Gasteiger partial charge in [-0.15, -0.1) is 5.10 Å². The smallest absolute Gasteiger partial charge is 0.358 e. The van der Waals surface area contributed by atoms with Crippen molar-refractivity contribution in [2.45, 2.75) is 6.92 Å². The molecule has 0 aliphatic rings. The molecule has 2 aromatic rings. The normalized spacial score (nSPS) is 10.5. The molecule has 8 nitrogen and oxygen atoms in total. The Labute approximate surface area is 100 Å². The molecule has 94 valence electrons. The number of hydrogen-bond acceptors (Lipinski definition) is 6. The number of carbonyl (C=O) groups is 1. The zero-order valence-electron chi connectivity index (χ0n) is 9.19.